The van der Waals surface area contributed by atoms with Crippen molar-refractivity contribution in [2.75, 3.05) is 17.2 Å². The van der Waals surface area contributed by atoms with E-state index in [-0.39, 0.29) is 5.69 Å². The minimum atomic E-state index is -0.578. The number of aromatic nitrogens is 2. The minimum absolute atomic E-state index is 0.0908. The van der Waals surface area contributed by atoms with Crippen LogP contribution in [-0.4, -0.2) is 22.4 Å². The highest BCUT2D eigenvalue weighted by Gasteiger charge is 2.14. The molecule has 104 valence electrons. The Morgan fingerprint density at radius 1 is 1.35 bits per heavy atom. The van der Waals surface area contributed by atoms with Gasteiger partial charge in [0.2, 0.25) is 0 Å². The Bertz CT molecular complexity index is 630. The number of halogens is 1. The third-order valence-electron chi connectivity index (χ3n) is 2.67. The van der Waals surface area contributed by atoms with Crippen molar-refractivity contribution >= 4 is 17.3 Å². The van der Waals surface area contributed by atoms with Crippen LogP contribution in [0, 0.1) is 12.7 Å². The van der Waals surface area contributed by atoms with Gasteiger partial charge < -0.3 is 10.6 Å². The third kappa shape index (κ3) is 3.09. The van der Waals surface area contributed by atoms with Crippen molar-refractivity contribution in [2.24, 2.45) is 0 Å². The molecular formula is C14H15FN4O. The number of rotatable bonds is 4. The van der Waals surface area contributed by atoms with Crippen molar-refractivity contribution in [3.8, 4) is 0 Å². The van der Waals surface area contributed by atoms with Crippen LogP contribution in [0.5, 0.6) is 0 Å². The van der Waals surface area contributed by atoms with Crippen molar-refractivity contribution < 1.29 is 9.18 Å². The van der Waals surface area contributed by atoms with E-state index in [0.717, 1.165) is 11.9 Å². The Morgan fingerprint density at radius 3 is 2.85 bits per heavy atom. The molecule has 0 saturated heterocycles. The molecule has 2 aromatic heterocycles. The lowest BCUT2D eigenvalue weighted by molar-refractivity contribution is 0.102. The molecule has 2 rings (SSSR count). The van der Waals surface area contributed by atoms with E-state index < -0.39 is 11.7 Å². The summed E-state index contributed by atoms with van der Waals surface area (Å²) in [5.41, 5.74) is 1.93. The molecule has 0 radical (unpaired) electrons. The molecule has 0 bridgehead atoms. The molecule has 2 aromatic rings. The van der Waals surface area contributed by atoms with Crippen molar-refractivity contribution in [1.82, 2.24) is 9.97 Å². The second kappa shape index (κ2) is 6.10. The summed E-state index contributed by atoms with van der Waals surface area (Å²) >= 11 is 0. The summed E-state index contributed by atoms with van der Waals surface area (Å²) in [6, 6.07) is 3.18. The molecule has 0 spiro atoms. The fourth-order valence-corrected chi connectivity index (χ4v) is 1.74. The maximum atomic E-state index is 13.5. The van der Waals surface area contributed by atoms with Gasteiger partial charge in [0.15, 0.2) is 5.82 Å². The highest BCUT2D eigenvalue weighted by atomic mass is 19.1. The fraction of sp³-hybridized carbons (Fsp3) is 0.214. The predicted octanol–water partition coefficient (Wildman–Crippen LogP) is 2.61. The summed E-state index contributed by atoms with van der Waals surface area (Å²) in [6.07, 6.45) is 3.94. The molecular weight excluding hydrogens is 259 g/mol. The number of aryl methyl sites for hydroxylation is 1. The van der Waals surface area contributed by atoms with Gasteiger partial charge in [-0.15, -0.1) is 0 Å². The molecule has 0 unspecified atom stereocenters. The number of hydrogen-bond acceptors (Lipinski definition) is 4. The zero-order chi connectivity index (χ0) is 14.5. The van der Waals surface area contributed by atoms with Crippen LogP contribution in [0.1, 0.15) is 23.0 Å². The number of carbonyl (C=O) groups is 1. The molecule has 0 atom stereocenters. The maximum Gasteiger partial charge on any atom is 0.259 e. The molecule has 6 heteroatoms. The first-order chi connectivity index (χ1) is 9.61. The second-order valence-corrected chi connectivity index (χ2v) is 4.21. The Balaban J connectivity index is 2.27. The molecule has 0 aliphatic rings. The lowest BCUT2D eigenvalue weighted by Crippen LogP contribution is -2.16. The molecule has 0 aliphatic heterocycles. The van der Waals surface area contributed by atoms with Gasteiger partial charge in [0, 0.05) is 24.6 Å². The minimum Gasteiger partial charge on any atom is -0.385 e. The molecule has 0 fully saturated rings. The van der Waals surface area contributed by atoms with E-state index in [1.165, 1.54) is 18.5 Å². The standard InChI is InChI=1S/C14H15FN4O/c1-3-17-13-6-9(2)18-7-10(13)14(20)19-12-4-5-16-8-11(12)15/h4-8H,3H2,1-2H3,(H,17,18)(H,16,19,20). The summed E-state index contributed by atoms with van der Waals surface area (Å²) < 4.78 is 13.5. The van der Waals surface area contributed by atoms with Crippen LogP contribution in [0.25, 0.3) is 0 Å². The van der Waals surface area contributed by atoms with Crippen LogP contribution in [0.4, 0.5) is 15.8 Å². The van der Waals surface area contributed by atoms with Crippen LogP contribution >= 0.6 is 0 Å². The van der Waals surface area contributed by atoms with Crippen molar-refractivity contribution in [1.29, 1.82) is 0 Å². The topological polar surface area (TPSA) is 66.9 Å². The average Bonchev–Trinajstić information content (AvgIpc) is 2.42. The third-order valence-corrected chi connectivity index (χ3v) is 2.67. The van der Waals surface area contributed by atoms with E-state index in [1.54, 1.807) is 6.07 Å². The molecule has 0 aromatic carbocycles. The zero-order valence-corrected chi connectivity index (χ0v) is 11.3. The first-order valence-corrected chi connectivity index (χ1v) is 6.23. The SMILES string of the molecule is CCNc1cc(C)ncc1C(=O)Nc1ccncc1F. The van der Waals surface area contributed by atoms with Gasteiger partial charge in [-0.1, -0.05) is 0 Å². The van der Waals surface area contributed by atoms with E-state index in [0.29, 0.717) is 17.8 Å². The van der Waals surface area contributed by atoms with Crippen LogP contribution in [0.2, 0.25) is 0 Å². The van der Waals surface area contributed by atoms with Crippen molar-refractivity contribution in [3.05, 3.63) is 47.8 Å². The van der Waals surface area contributed by atoms with Crippen molar-refractivity contribution in [2.45, 2.75) is 13.8 Å². The second-order valence-electron chi connectivity index (χ2n) is 4.21. The molecule has 2 heterocycles. The van der Waals surface area contributed by atoms with E-state index in [2.05, 4.69) is 20.6 Å². The fourth-order valence-electron chi connectivity index (χ4n) is 1.74. The first-order valence-electron chi connectivity index (χ1n) is 6.23. The summed E-state index contributed by atoms with van der Waals surface area (Å²) in [4.78, 5) is 19.9. The zero-order valence-electron chi connectivity index (χ0n) is 11.3. The highest BCUT2D eigenvalue weighted by molar-refractivity contribution is 6.07. The monoisotopic (exact) mass is 274 g/mol. The van der Waals surface area contributed by atoms with Gasteiger partial charge >= 0.3 is 0 Å². The van der Waals surface area contributed by atoms with Gasteiger partial charge in [-0.05, 0) is 26.0 Å². The van der Waals surface area contributed by atoms with Crippen molar-refractivity contribution in [3.63, 3.8) is 0 Å². The van der Waals surface area contributed by atoms with Crippen LogP contribution in [-0.2, 0) is 0 Å². The number of nitrogens with zero attached hydrogens (tertiary/aromatic N) is 2. The van der Waals surface area contributed by atoms with Gasteiger partial charge in [0.1, 0.15) is 0 Å². The largest absolute Gasteiger partial charge is 0.385 e. The Hall–Kier alpha value is -2.50. The smallest absolute Gasteiger partial charge is 0.259 e. The number of nitrogens with one attached hydrogen (secondary N) is 2. The van der Waals surface area contributed by atoms with Crippen LogP contribution in [0.3, 0.4) is 0 Å². The molecule has 0 aliphatic carbocycles. The number of anilines is 2. The lowest BCUT2D eigenvalue weighted by atomic mass is 10.2. The van der Waals surface area contributed by atoms with E-state index in [9.17, 15) is 9.18 Å². The average molecular weight is 274 g/mol. The van der Waals surface area contributed by atoms with Gasteiger partial charge in [-0.2, -0.15) is 0 Å². The molecule has 5 nitrogen and oxygen atoms in total. The van der Waals surface area contributed by atoms with Crippen LogP contribution in [0.15, 0.2) is 30.7 Å². The normalized spacial score (nSPS) is 10.2. The number of pyridine rings is 2. The molecule has 2 N–H and O–H groups in total. The van der Waals surface area contributed by atoms with E-state index in [1.807, 2.05) is 13.8 Å². The van der Waals surface area contributed by atoms with Gasteiger partial charge in [0.25, 0.3) is 5.91 Å². The van der Waals surface area contributed by atoms with Crippen LogP contribution < -0.4 is 10.6 Å². The predicted molar refractivity (Wildman–Crippen MR) is 75.3 cm³/mol. The summed E-state index contributed by atoms with van der Waals surface area (Å²) in [5.74, 6) is -0.996. The Morgan fingerprint density at radius 2 is 2.15 bits per heavy atom. The molecule has 1 amide bonds. The quantitative estimate of drug-likeness (QED) is 0.899. The van der Waals surface area contributed by atoms with Gasteiger partial charge in [0.05, 0.1) is 23.1 Å². The Kier molecular flexibility index (Phi) is 4.24. The van der Waals surface area contributed by atoms with Gasteiger partial charge in [-0.3, -0.25) is 14.8 Å². The summed E-state index contributed by atoms with van der Waals surface area (Å²) in [5, 5.41) is 5.60. The van der Waals surface area contributed by atoms with E-state index in [4.69, 9.17) is 0 Å². The summed E-state index contributed by atoms with van der Waals surface area (Å²) in [7, 11) is 0. The Labute approximate surface area is 116 Å². The van der Waals surface area contributed by atoms with E-state index >= 15 is 0 Å². The number of carbonyl (C=O) groups excluding carboxylic acids is 1. The number of hydrogen-bond donors (Lipinski definition) is 2. The summed E-state index contributed by atoms with van der Waals surface area (Å²) in [6.45, 7) is 4.44. The van der Waals surface area contributed by atoms with Gasteiger partial charge in [-0.25, -0.2) is 4.39 Å². The first kappa shape index (κ1) is 13.9. The lowest BCUT2D eigenvalue weighted by Gasteiger charge is -2.11. The maximum absolute atomic E-state index is 13.5. The molecule has 0 saturated carbocycles. The molecule has 20 heavy (non-hydrogen) atoms. The number of amides is 1. The highest BCUT2D eigenvalue weighted by Crippen LogP contribution is 2.18.